The molecule has 25 heavy (non-hydrogen) atoms. The van der Waals surface area contributed by atoms with Crippen molar-refractivity contribution in [2.24, 2.45) is 0 Å². The maximum Gasteiger partial charge on any atom is 0.306 e. The van der Waals surface area contributed by atoms with E-state index in [4.69, 9.17) is 4.74 Å². The molecule has 0 aliphatic carbocycles. The highest BCUT2D eigenvalue weighted by molar-refractivity contribution is 9.10. The fraction of sp³-hybridized carbons (Fsp3) is 0.278. The van der Waals surface area contributed by atoms with Gasteiger partial charge in [0, 0.05) is 12.0 Å². The highest BCUT2D eigenvalue weighted by atomic mass is 79.9. The van der Waals surface area contributed by atoms with Crippen LogP contribution in [0.1, 0.15) is 35.8 Å². The number of aromatic hydroxyl groups is 1. The third-order valence-corrected chi connectivity index (χ3v) is 4.15. The zero-order valence-electron chi connectivity index (χ0n) is 13.8. The number of pyridine rings is 1. The molecule has 0 bridgehead atoms. The van der Waals surface area contributed by atoms with Crippen molar-refractivity contribution in [2.45, 2.75) is 26.7 Å². The minimum atomic E-state index is -0.498. The first-order valence-corrected chi connectivity index (χ1v) is 8.47. The van der Waals surface area contributed by atoms with E-state index in [1.54, 1.807) is 19.9 Å². The Morgan fingerprint density at radius 3 is 2.68 bits per heavy atom. The Hall–Kier alpha value is -2.28. The molecule has 1 aromatic carbocycles. The standard InChI is InChI=1S/C18H17BrFNO4/c1-3-25-16(23)7-6-15(22)17-18(24)13(19)9-14(21-17)12-8-11(20)5-4-10(12)2/h4-5,8-9,24H,3,6-7H2,1-2H3. The van der Waals surface area contributed by atoms with Gasteiger partial charge in [0.25, 0.3) is 0 Å². The van der Waals surface area contributed by atoms with Crippen LogP contribution in [-0.2, 0) is 9.53 Å². The molecule has 0 aliphatic rings. The molecule has 0 radical (unpaired) electrons. The third-order valence-electron chi connectivity index (χ3n) is 3.55. The molecular weight excluding hydrogens is 393 g/mol. The first-order valence-electron chi connectivity index (χ1n) is 7.68. The van der Waals surface area contributed by atoms with Crippen molar-refractivity contribution in [3.63, 3.8) is 0 Å². The van der Waals surface area contributed by atoms with E-state index in [2.05, 4.69) is 20.9 Å². The van der Waals surface area contributed by atoms with Gasteiger partial charge in [-0.05, 0) is 53.5 Å². The second-order valence-electron chi connectivity index (χ2n) is 5.37. The Morgan fingerprint density at radius 1 is 1.28 bits per heavy atom. The number of ether oxygens (including phenoxy) is 1. The summed E-state index contributed by atoms with van der Waals surface area (Å²) in [7, 11) is 0. The van der Waals surface area contributed by atoms with Crippen LogP contribution >= 0.6 is 15.9 Å². The van der Waals surface area contributed by atoms with Crippen LogP contribution in [0.15, 0.2) is 28.7 Å². The van der Waals surface area contributed by atoms with Gasteiger partial charge in [-0.3, -0.25) is 9.59 Å². The number of carbonyl (C=O) groups is 2. The van der Waals surface area contributed by atoms with Crippen molar-refractivity contribution in [3.05, 3.63) is 45.8 Å². The number of esters is 1. The summed E-state index contributed by atoms with van der Waals surface area (Å²) in [6, 6.07) is 5.77. The predicted molar refractivity (Wildman–Crippen MR) is 93.9 cm³/mol. The minimum absolute atomic E-state index is 0.103. The zero-order chi connectivity index (χ0) is 18.6. The first-order chi connectivity index (χ1) is 11.8. The van der Waals surface area contributed by atoms with E-state index in [-0.39, 0.29) is 35.4 Å². The molecule has 0 fully saturated rings. The number of benzene rings is 1. The van der Waals surface area contributed by atoms with Crippen molar-refractivity contribution in [1.29, 1.82) is 0 Å². The van der Waals surface area contributed by atoms with Gasteiger partial charge in [0.15, 0.2) is 11.5 Å². The summed E-state index contributed by atoms with van der Waals surface area (Å²) in [4.78, 5) is 27.9. The van der Waals surface area contributed by atoms with Gasteiger partial charge in [-0.1, -0.05) is 6.07 Å². The lowest BCUT2D eigenvalue weighted by Gasteiger charge is -2.10. The van der Waals surface area contributed by atoms with Crippen LogP contribution in [0.25, 0.3) is 11.3 Å². The Bertz CT molecular complexity index is 823. The highest BCUT2D eigenvalue weighted by Crippen LogP contribution is 2.33. The highest BCUT2D eigenvalue weighted by Gasteiger charge is 2.20. The van der Waals surface area contributed by atoms with Crippen LogP contribution in [0.2, 0.25) is 0 Å². The Morgan fingerprint density at radius 2 is 2.00 bits per heavy atom. The maximum absolute atomic E-state index is 13.5. The topological polar surface area (TPSA) is 76.5 Å². The number of aromatic nitrogens is 1. The predicted octanol–water partition coefficient (Wildman–Crippen LogP) is 4.19. The largest absolute Gasteiger partial charge is 0.504 e. The van der Waals surface area contributed by atoms with Crippen molar-refractivity contribution in [2.75, 3.05) is 6.61 Å². The van der Waals surface area contributed by atoms with Gasteiger partial charge in [0.2, 0.25) is 0 Å². The van der Waals surface area contributed by atoms with Crippen LogP contribution in [0, 0.1) is 12.7 Å². The number of nitrogens with zero attached hydrogens (tertiary/aromatic N) is 1. The van der Waals surface area contributed by atoms with Crippen molar-refractivity contribution >= 4 is 27.7 Å². The van der Waals surface area contributed by atoms with E-state index in [1.807, 2.05) is 0 Å². The van der Waals surface area contributed by atoms with Gasteiger partial charge in [0.1, 0.15) is 11.5 Å². The summed E-state index contributed by atoms with van der Waals surface area (Å²) in [6.45, 7) is 3.70. The van der Waals surface area contributed by atoms with E-state index in [0.29, 0.717) is 11.3 Å². The molecule has 0 saturated heterocycles. The lowest BCUT2D eigenvalue weighted by atomic mass is 10.0. The average Bonchev–Trinajstić information content (AvgIpc) is 2.57. The van der Waals surface area contributed by atoms with Crippen LogP contribution in [0.4, 0.5) is 4.39 Å². The molecule has 1 aromatic heterocycles. The van der Waals surface area contributed by atoms with Crippen molar-refractivity contribution in [3.8, 4) is 17.0 Å². The smallest absolute Gasteiger partial charge is 0.306 e. The van der Waals surface area contributed by atoms with Gasteiger partial charge in [-0.15, -0.1) is 0 Å². The maximum atomic E-state index is 13.5. The summed E-state index contributed by atoms with van der Waals surface area (Å²) >= 11 is 3.18. The van der Waals surface area contributed by atoms with Gasteiger partial charge in [-0.25, -0.2) is 9.37 Å². The number of hydrogen-bond acceptors (Lipinski definition) is 5. The monoisotopic (exact) mass is 409 g/mol. The third kappa shape index (κ3) is 4.63. The fourth-order valence-corrected chi connectivity index (χ4v) is 2.68. The molecule has 2 rings (SSSR count). The van der Waals surface area contributed by atoms with Gasteiger partial charge in [0.05, 0.1) is 23.2 Å². The Kier molecular flexibility index (Phi) is 6.25. The average molecular weight is 410 g/mol. The van der Waals surface area contributed by atoms with Gasteiger partial charge >= 0.3 is 5.97 Å². The molecule has 0 spiro atoms. The number of ketones is 1. The summed E-state index contributed by atoms with van der Waals surface area (Å²) in [5.74, 6) is -1.73. The summed E-state index contributed by atoms with van der Waals surface area (Å²) in [5, 5.41) is 10.1. The molecule has 5 nitrogen and oxygen atoms in total. The van der Waals surface area contributed by atoms with Crippen LogP contribution in [-0.4, -0.2) is 28.4 Å². The molecule has 1 N–H and O–H groups in total. The van der Waals surface area contributed by atoms with E-state index < -0.39 is 17.6 Å². The molecule has 0 unspecified atom stereocenters. The molecule has 2 aromatic rings. The number of Topliss-reactive ketones (excluding diaryl/α,β-unsaturated/α-hetero) is 1. The number of hydrogen-bond donors (Lipinski definition) is 1. The molecule has 0 atom stereocenters. The fourth-order valence-electron chi connectivity index (χ4n) is 2.28. The van der Waals surface area contributed by atoms with E-state index in [9.17, 15) is 19.1 Å². The number of aryl methyl sites for hydroxylation is 1. The minimum Gasteiger partial charge on any atom is -0.504 e. The van der Waals surface area contributed by atoms with Crippen LogP contribution in [0.5, 0.6) is 5.75 Å². The van der Waals surface area contributed by atoms with E-state index in [0.717, 1.165) is 5.56 Å². The second-order valence-corrected chi connectivity index (χ2v) is 6.23. The SMILES string of the molecule is CCOC(=O)CCC(=O)c1nc(-c2cc(F)ccc2C)cc(Br)c1O. The quantitative estimate of drug-likeness (QED) is 0.571. The summed E-state index contributed by atoms with van der Waals surface area (Å²) < 4.78 is 18.6. The molecule has 0 aliphatic heterocycles. The van der Waals surface area contributed by atoms with E-state index in [1.165, 1.54) is 18.2 Å². The lowest BCUT2D eigenvalue weighted by Crippen LogP contribution is -2.10. The zero-order valence-corrected chi connectivity index (χ0v) is 15.4. The summed E-state index contributed by atoms with van der Waals surface area (Å²) in [5.41, 5.74) is 1.47. The Labute approximate surface area is 153 Å². The van der Waals surface area contributed by atoms with Crippen LogP contribution < -0.4 is 0 Å². The molecule has 7 heteroatoms. The van der Waals surface area contributed by atoms with Gasteiger partial charge in [-0.2, -0.15) is 0 Å². The lowest BCUT2D eigenvalue weighted by molar-refractivity contribution is -0.143. The molecule has 132 valence electrons. The number of halogens is 2. The number of carbonyl (C=O) groups excluding carboxylic acids is 2. The molecule has 1 heterocycles. The molecular formula is C18H17BrFNO4. The van der Waals surface area contributed by atoms with Gasteiger partial charge < -0.3 is 9.84 Å². The molecule has 0 amide bonds. The molecule has 0 saturated carbocycles. The Balaban J connectivity index is 2.36. The number of rotatable bonds is 6. The van der Waals surface area contributed by atoms with Crippen molar-refractivity contribution in [1.82, 2.24) is 4.98 Å². The normalized spacial score (nSPS) is 10.6. The second kappa shape index (κ2) is 8.20. The summed E-state index contributed by atoms with van der Waals surface area (Å²) in [6.07, 6.45) is -0.244. The van der Waals surface area contributed by atoms with E-state index >= 15 is 0 Å². The van der Waals surface area contributed by atoms with Crippen molar-refractivity contribution < 1.29 is 23.8 Å². The first kappa shape index (κ1) is 19.1. The van der Waals surface area contributed by atoms with Crippen LogP contribution in [0.3, 0.4) is 0 Å².